The summed E-state index contributed by atoms with van der Waals surface area (Å²) in [6.07, 6.45) is 0. The lowest BCUT2D eigenvalue weighted by Gasteiger charge is -2.39. The van der Waals surface area contributed by atoms with Crippen LogP contribution in [0.15, 0.2) is 12.1 Å². The maximum absolute atomic E-state index is 13.4. The van der Waals surface area contributed by atoms with E-state index in [2.05, 4.69) is 23.1 Å². The third kappa shape index (κ3) is 3.46. The maximum atomic E-state index is 13.4. The average Bonchev–Trinajstić information content (AvgIpc) is 2.20. The van der Waals surface area contributed by atoms with Gasteiger partial charge in [0.05, 0.1) is 11.3 Å². The molecule has 1 rings (SSSR count). The molecule has 0 aliphatic carbocycles. The monoisotopic (exact) mass is 268 g/mol. The normalized spacial score (nSPS) is 12.6. The van der Waals surface area contributed by atoms with Gasteiger partial charge in [-0.2, -0.15) is 0 Å². The lowest BCUT2D eigenvalue weighted by atomic mass is 9.81. The van der Waals surface area contributed by atoms with Crippen LogP contribution in [0, 0.1) is 12.7 Å². The summed E-state index contributed by atoms with van der Waals surface area (Å²) < 4.78 is 19.2. The average molecular weight is 268 g/mol. The van der Waals surface area contributed by atoms with E-state index in [1.165, 1.54) is 6.07 Å². The molecule has 0 aliphatic rings. The van der Waals surface area contributed by atoms with Gasteiger partial charge in [-0.3, -0.25) is 0 Å². The van der Waals surface area contributed by atoms with Gasteiger partial charge in [-0.25, -0.2) is 4.39 Å². The first-order valence-electron chi connectivity index (χ1n) is 5.90. The minimum absolute atomic E-state index is 0.0935. The van der Waals surface area contributed by atoms with E-state index < -0.39 is 5.82 Å². The fourth-order valence-corrected chi connectivity index (χ4v) is 1.28. The van der Waals surface area contributed by atoms with Crippen LogP contribution in [-0.2, 0) is 4.65 Å². The maximum Gasteiger partial charge on any atom is 0.331 e. The highest BCUT2D eigenvalue weighted by atomic mass is 31.0. The lowest BCUT2D eigenvalue weighted by molar-refractivity contribution is 0.0840. The number of benzene rings is 1. The highest BCUT2D eigenvalue weighted by molar-refractivity contribution is 7.19. The number of aryl methyl sites for hydroxylation is 1. The van der Waals surface area contributed by atoms with Crippen LogP contribution in [0.1, 0.15) is 33.3 Å². The standard InChI is InChI=1S/C13H21BFNOP/c1-8-6-11(16)10(15)7-9(8)14-17-12(2,3)13(4,5)18/h6-7H,16,18H2,1-5H3. The molecule has 0 fully saturated rings. The van der Waals surface area contributed by atoms with Crippen LogP contribution in [0.2, 0.25) is 0 Å². The van der Waals surface area contributed by atoms with Crippen LogP contribution in [0.25, 0.3) is 0 Å². The second-order valence-electron chi connectivity index (χ2n) is 5.70. The Morgan fingerprint density at radius 2 is 1.83 bits per heavy atom. The highest BCUT2D eigenvalue weighted by Crippen LogP contribution is 2.33. The summed E-state index contributed by atoms with van der Waals surface area (Å²) >= 11 is 0. The van der Waals surface area contributed by atoms with Gasteiger partial charge in [0.1, 0.15) is 5.82 Å². The molecule has 0 saturated carbocycles. The summed E-state index contributed by atoms with van der Waals surface area (Å²) in [5, 5.41) is -0.0935. The molecule has 1 aromatic rings. The van der Waals surface area contributed by atoms with Gasteiger partial charge >= 0.3 is 7.48 Å². The van der Waals surface area contributed by atoms with E-state index in [9.17, 15) is 4.39 Å². The molecule has 99 valence electrons. The molecule has 1 aromatic carbocycles. The first-order valence-corrected chi connectivity index (χ1v) is 6.48. The Hall–Kier alpha value is -0.595. The Morgan fingerprint density at radius 1 is 1.28 bits per heavy atom. The molecular weight excluding hydrogens is 247 g/mol. The summed E-state index contributed by atoms with van der Waals surface area (Å²) in [5.74, 6) is -0.418. The Bertz CT molecular complexity index is 443. The molecule has 18 heavy (non-hydrogen) atoms. The Kier molecular flexibility index (Phi) is 4.45. The largest absolute Gasteiger partial charge is 0.429 e. The third-order valence-corrected chi connectivity index (χ3v) is 4.11. The van der Waals surface area contributed by atoms with Crippen LogP contribution in [0.5, 0.6) is 0 Å². The van der Waals surface area contributed by atoms with Crippen LogP contribution < -0.4 is 11.2 Å². The zero-order chi connectivity index (χ0) is 14.1. The van der Waals surface area contributed by atoms with Gasteiger partial charge in [0.25, 0.3) is 0 Å². The van der Waals surface area contributed by atoms with E-state index in [1.807, 2.05) is 20.8 Å². The molecule has 1 atom stereocenters. The summed E-state index contributed by atoms with van der Waals surface area (Å²) in [4.78, 5) is 0. The molecule has 0 saturated heterocycles. The SMILES string of the molecule is Cc1cc(N)c(F)cc1[B]OC(C)(C)C(C)(C)P. The van der Waals surface area contributed by atoms with Gasteiger partial charge in [0.15, 0.2) is 0 Å². The van der Waals surface area contributed by atoms with Gasteiger partial charge in [-0.15, -0.1) is 9.24 Å². The molecule has 0 bridgehead atoms. The van der Waals surface area contributed by atoms with Crippen molar-refractivity contribution < 1.29 is 9.04 Å². The molecule has 0 amide bonds. The van der Waals surface area contributed by atoms with Crippen molar-refractivity contribution >= 4 is 27.9 Å². The van der Waals surface area contributed by atoms with Gasteiger partial charge in [-0.1, -0.05) is 19.4 Å². The van der Waals surface area contributed by atoms with Crippen molar-refractivity contribution in [1.29, 1.82) is 0 Å². The van der Waals surface area contributed by atoms with Crippen LogP contribution in [0.3, 0.4) is 0 Å². The smallest absolute Gasteiger partial charge is 0.331 e. The van der Waals surface area contributed by atoms with Crippen molar-refractivity contribution in [3.8, 4) is 0 Å². The minimum Gasteiger partial charge on any atom is -0.429 e. The second-order valence-corrected chi connectivity index (χ2v) is 7.14. The molecule has 0 aromatic heterocycles. The number of nitrogens with two attached hydrogens (primary N) is 1. The quantitative estimate of drug-likeness (QED) is 0.517. The van der Waals surface area contributed by atoms with Crippen LogP contribution >= 0.6 is 9.24 Å². The molecule has 2 nitrogen and oxygen atoms in total. The van der Waals surface area contributed by atoms with Gasteiger partial charge in [-0.05, 0) is 38.4 Å². The van der Waals surface area contributed by atoms with Gasteiger partial charge in [0, 0.05) is 5.16 Å². The minimum atomic E-state index is -0.418. The summed E-state index contributed by atoms with van der Waals surface area (Å²) in [6, 6.07) is 3.01. The van der Waals surface area contributed by atoms with E-state index in [-0.39, 0.29) is 16.4 Å². The van der Waals surface area contributed by atoms with Crippen LogP contribution in [-0.4, -0.2) is 18.2 Å². The molecule has 0 aliphatic heterocycles. The van der Waals surface area contributed by atoms with E-state index >= 15 is 0 Å². The zero-order valence-corrected chi connectivity index (χ0v) is 12.8. The van der Waals surface area contributed by atoms with E-state index in [0.29, 0.717) is 5.46 Å². The third-order valence-electron chi connectivity index (χ3n) is 3.42. The van der Waals surface area contributed by atoms with Gasteiger partial charge in [0.2, 0.25) is 0 Å². The zero-order valence-electron chi connectivity index (χ0n) is 11.7. The number of rotatable bonds is 4. The lowest BCUT2D eigenvalue weighted by Crippen LogP contribution is -2.45. The summed E-state index contributed by atoms with van der Waals surface area (Å²) in [5.41, 5.74) is 6.90. The summed E-state index contributed by atoms with van der Waals surface area (Å²) in [7, 11) is 4.36. The first kappa shape index (κ1) is 15.5. The predicted octanol–water partition coefficient (Wildman–Crippen LogP) is 2.41. The Balaban J connectivity index is 2.85. The Morgan fingerprint density at radius 3 is 2.33 bits per heavy atom. The number of nitrogen functional groups attached to an aromatic ring is 1. The number of hydrogen-bond donors (Lipinski definition) is 1. The Labute approximate surface area is 112 Å². The van der Waals surface area contributed by atoms with Crippen LogP contribution in [0.4, 0.5) is 10.1 Å². The van der Waals surface area contributed by atoms with E-state index in [4.69, 9.17) is 10.4 Å². The first-order chi connectivity index (χ1) is 8.04. The van der Waals surface area contributed by atoms with Crippen molar-refractivity contribution in [1.82, 2.24) is 0 Å². The van der Waals surface area contributed by atoms with Gasteiger partial charge < -0.3 is 10.4 Å². The molecule has 1 radical (unpaired) electrons. The molecule has 2 N–H and O–H groups in total. The molecular formula is C13H21BFNOP. The van der Waals surface area contributed by atoms with E-state index in [1.54, 1.807) is 13.5 Å². The molecule has 1 unspecified atom stereocenters. The van der Waals surface area contributed by atoms with Crippen molar-refractivity contribution in [3.63, 3.8) is 0 Å². The number of halogens is 1. The predicted molar refractivity (Wildman–Crippen MR) is 79.9 cm³/mol. The fourth-order valence-electron chi connectivity index (χ4n) is 1.21. The van der Waals surface area contributed by atoms with Crippen molar-refractivity contribution in [3.05, 3.63) is 23.5 Å². The fraction of sp³-hybridized carbons (Fsp3) is 0.538. The van der Waals surface area contributed by atoms with Crippen molar-refractivity contribution in [2.75, 3.05) is 5.73 Å². The highest BCUT2D eigenvalue weighted by Gasteiger charge is 2.33. The topological polar surface area (TPSA) is 35.2 Å². The van der Waals surface area contributed by atoms with Crippen molar-refractivity contribution in [2.45, 2.75) is 45.4 Å². The summed E-state index contributed by atoms with van der Waals surface area (Å²) in [6.45, 7) is 10.0. The van der Waals surface area contributed by atoms with Crippen molar-refractivity contribution in [2.24, 2.45) is 0 Å². The molecule has 5 heteroatoms. The number of anilines is 1. The van der Waals surface area contributed by atoms with E-state index in [0.717, 1.165) is 5.56 Å². The second kappa shape index (κ2) is 5.18. The molecule has 0 spiro atoms. The number of hydrogen-bond acceptors (Lipinski definition) is 2. The molecule has 0 heterocycles.